The summed E-state index contributed by atoms with van der Waals surface area (Å²) in [5.74, 6) is -2.86. The van der Waals surface area contributed by atoms with E-state index in [0.717, 1.165) is 11.1 Å². The van der Waals surface area contributed by atoms with Crippen LogP contribution in [0.5, 0.6) is 0 Å². The first kappa shape index (κ1) is 10.5. The molecule has 2 rings (SSSR count). The number of rotatable bonds is 2. The molecule has 0 amide bonds. The van der Waals surface area contributed by atoms with Gasteiger partial charge >= 0.3 is 0 Å². The molecule has 4 heteroatoms. The molecule has 1 saturated heterocycles. The molecule has 1 aliphatic heterocycles. The molecule has 0 N–H and O–H groups in total. The Hall–Kier alpha value is -1.03. The molecule has 0 spiro atoms. The highest BCUT2D eigenvalue weighted by Gasteiger charge is 2.43. The number of halogens is 3. The minimum atomic E-state index is -2.55. The number of benzene rings is 1. The van der Waals surface area contributed by atoms with E-state index in [4.69, 9.17) is 0 Å². The van der Waals surface area contributed by atoms with Crippen LogP contribution in [0.4, 0.5) is 13.2 Å². The molecular formula is C11H12F3N. The average Bonchev–Trinajstić information content (AvgIpc) is 1.97. The van der Waals surface area contributed by atoms with Crippen molar-refractivity contribution < 1.29 is 13.2 Å². The van der Waals surface area contributed by atoms with Crippen LogP contribution in [0.3, 0.4) is 0 Å². The molecule has 15 heavy (non-hydrogen) atoms. The second-order valence-corrected chi connectivity index (χ2v) is 4.14. The quantitative estimate of drug-likeness (QED) is 0.733. The second-order valence-electron chi connectivity index (χ2n) is 4.14. The van der Waals surface area contributed by atoms with Crippen molar-refractivity contribution in [3.8, 4) is 0 Å². The number of likely N-dealkylation sites (tertiary alicyclic amines) is 1. The lowest BCUT2D eigenvalue weighted by Crippen LogP contribution is -2.55. The third-order valence-electron chi connectivity index (χ3n) is 2.42. The maximum Gasteiger partial charge on any atom is 0.272 e. The predicted octanol–water partition coefficient (Wildman–Crippen LogP) is 2.59. The minimum Gasteiger partial charge on any atom is -0.287 e. The van der Waals surface area contributed by atoms with Crippen molar-refractivity contribution in [2.45, 2.75) is 19.4 Å². The van der Waals surface area contributed by atoms with Crippen LogP contribution in [-0.2, 0) is 6.54 Å². The summed E-state index contributed by atoms with van der Waals surface area (Å²) in [4.78, 5) is 1.61. The zero-order valence-corrected chi connectivity index (χ0v) is 8.43. The van der Waals surface area contributed by atoms with Gasteiger partial charge in [-0.25, -0.2) is 13.2 Å². The number of hydrogen-bond donors (Lipinski definition) is 0. The number of aryl methyl sites for hydroxylation is 1. The molecule has 0 bridgehead atoms. The first-order chi connectivity index (χ1) is 6.94. The van der Waals surface area contributed by atoms with E-state index < -0.39 is 5.92 Å². The summed E-state index contributed by atoms with van der Waals surface area (Å²) in [6, 6.07) is 4.64. The summed E-state index contributed by atoms with van der Waals surface area (Å²) in [5.41, 5.74) is 1.57. The van der Waals surface area contributed by atoms with Crippen molar-refractivity contribution in [1.82, 2.24) is 4.90 Å². The van der Waals surface area contributed by atoms with Crippen molar-refractivity contribution in [2.24, 2.45) is 0 Å². The third kappa shape index (κ3) is 2.50. The topological polar surface area (TPSA) is 3.24 Å². The molecule has 0 aromatic heterocycles. The molecule has 1 aromatic carbocycles. The molecule has 0 unspecified atom stereocenters. The molecule has 1 heterocycles. The molecule has 82 valence electrons. The van der Waals surface area contributed by atoms with Crippen molar-refractivity contribution in [1.29, 1.82) is 0 Å². The highest BCUT2D eigenvalue weighted by atomic mass is 19.3. The summed E-state index contributed by atoms with van der Waals surface area (Å²) in [7, 11) is 0. The standard InChI is InChI=1S/C11H12F3N/c1-8-2-9(4-10(12)3-8)5-15-6-11(13,14)7-15/h2-4H,5-7H2,1H3. The maximum atomic E-state index is 13.0. The highest BCUT2D eigenvalue weighted by Crippen LogP contribution is 2.28. The van der Waals surface area contributed by atoms with Crippen LogP contribution in [0.25, 0.3) is 0 Å². The van der Waals surface area contributed by atoms with Gasteiger partial charge in [-0.3, -0.25) is 4.90 Å². The fraction of sp³-hybridized carbons (Fsp3) is 0.455. The van der Waals surface area contributed by atoms with Gasteiger partial charge in [0.15, 0.2) is 0 Å². The van der Waals surface area contributed by atoms with Gasteiger partial charge in [-0.15, -0.1) is 0 Å². The molecule has 0 radical (unpaired) electrons. The molecular weight excluding hydrogens is 203 g/mol. The lowest BCUT2D eigenvalue weighted by atomic mass is 10.1. The summed E-state index contributed by atoms with van der Waals surface area (Å²) in [5, 5.41) is 0. The van der Waals surface area contributed by atoms with Gasteiger partial charge in [0.1, 0.15) is 5.82 Å². The monoisotopic (exact) mass is 215 g/mol. The Labute approximate surface area is 86.5 Å². The number of alkyl halides is 2. The van der Waals surface area contributed by atoms with E-state index in [9.17, 15) is 13.2 Å². The van der Waals surface area contributed by atoms with Crippen LogP contribution in [-0.4, -0.2) is 23.9 Å². The Bertz CT molecular complexity index is 348. The Balaban J connectivity index is 2.00. The predicted molar refractivity (Wildman–Crippen MR) is 51.4 cm³/mol. The van der Waals surface area contributed by atoms with Crippen LogP contribution >= 0.6 is 0 Å². The van der Waals surface area contributed by atoms with E-state index in [1.54, 1.807) is 11.8 Å². The van der Waals surface area contributed by atoms with Crippen LogP contribution in [0.1, 0.15) is 11.1 Å². The lowest BCUT2D eigenvalue weighted by molar-refractivity contribution is -0.133. The van der Waals surface area contributed by atoms with Gasteiger partial charge in [-0.1, -0.05) is 6.07 Å². The SMILES string of the molecule is Cc1cc(F)cc(CN2CC(F)(F)C2)c1. The maximum absolute atomic E-state index is 13.0. The second kappa shape index (κ2) is 3.52. The van der Waals surface area contributed by atoms with Gasteiger partial charge < -0.3 is 0 Å². The van der Waals surface area contributed by atoms with Crippen molar-refractivity contribution in [3.63, 3.8) is 0 Å². The van der Waals surface area contributed by atoms with Crippen molar-refractivity contribution in [2.75, 3.05) is 13.1 Å². The largest absolute Gasteiger partial charge is 0.287 e. The first-order valence-corrected chi connectivity index (χ1v) is 4.81. The average molecular weight is 215 g/mol. The highest BCUT2D eigenvalue weighted by molar-refractivity contribution is 5.23. The van der Waals surface area contributed by atoms with Crippen LogP contribution < -0.4 is 0 Å². The van der Waals surface area contributed by atoms with E-state index in [1.807, 2.05) is 6.07 Å². The van der Waals surface area contributed by atoms with E-state index in [2.05, 4.69) is 0 Å². The first-order valence-electron chi connectivity index (χ1n) is 4.81. The van der Waals surface area contributed by atoms with Crippen molar-refractivity contribution in [3.05, 3.63) is 35.1 Å². The third-order valence-corrected chi connectivity index (χ3v) is 2.42. The van der Waals surface area contributed by atoms with Gasteiger partial charge in [-0.2, -0.15) is 0 Å². The molecule has 0 saturated carbocycles. The lowest BCUT2D eigenvalue weighted by Gasteiger charge is -2.38. The van der Waals surface area contributed by atoms with Crippen LogP contribution in [0.15, 0.2) is 18.2 Å². The van der Waals surface area contributed by atoms with Crippen LogP contribution in [0.2, 0.25) is 0 Å². The van der Waals surface area contributed by atoms with E-state index >= 15 is 0 Å². The summed E-state index contributed by atoms with van der Waals surface area (Å²) in [6.07, 6.45) is 0. The molecule has 1 aliphatic rings. The Morgan fingerprint density at radius 3 is 2.47 bits per heavy atom. The molecule has 0 atom stereocenters. The summed E-state index contributed by atoms with van der Waals surface area (Å²) < 4.78 is 38.1. The van der Waals surface area contributed by atoms with E-state index in [0.29, 0.717) is 6.54 Å². The Morgan fingerprint density at radius 1 is 1.27 bits per heavy atom. The fourth-order valence-electron chi connectivity index (χ4n) is 1.88. The fourth-order valence-corrected chi connectivity index (χ4v) is 1.88. The van der Waals surface area contributed by atoms with Gasteiger partial charge in [0.25, 0.3) is 5.92 Å². The smallest absolute Gasteiger partial charge is 0.272 e. The normalized spacial score (nSPS) is 20.0. The van der Waals surface area contributed by atoms with E-state index in [-0.39, 0.29) is 18.9 Å². The number of nitrogens with zero attached hydrogens (tertiary/aromatic N) is 1. The molecule has 1 nitrogen and oxygen atoms in total. The summed E-state index contributed by atoms with van der Waals surface area (Å²) >= 11 is 0. The van der Waals surface area contributed by atoms with Gasteiger partial charge in [0.05, 0.1) is 13.1 Å². The molecule has 0 aliphatic carbocycles. The molecule has 1 aromatic rings. The summed E-state index contributed by atoms with van der Waals surface area (Å²) in [6.45, 7) is 1.75. The van der Waals surface area contributed by atoms with Gasteiger partial charge in [0, 0.05) is 6.54 Å². The van der Waals surface area contributed by atoms with Gasteiger partial charge in [0.2, 0.25) is 0 Å². The van der Waals surface area contributed by atoms with Crippen LogP contribution in [0, 0.1) is 12.7 Å². The zero-order valence-electron chi connectivity index (χ0n) is 8.43. The Kier molecular flexibility index (Phi) is 2.46. The van der Waals surface area contributed by atoms with Gasteiger partial charge in [-0.05, 0) is 30.2 Å². The van der Waals surface area contributed by atoms with Crippen molar-refractivity contribution >= 4 is 0 Å². The minimum absolute atomic E-state index is 0.220. The van der Waals surface area contributed by atoms with E-state index in [1.165, 1.54) is 12.1 Å². The zero-order chi connectivity index (χ0) is 11.1. The molecule has 1 fully saturated rings. The number of hydrogen-bond acceptors (Lipinski definition) is 1. The Morgan fingerprint density at radius 2 is 1.93 bits per heavy atom.